The van der Waals surface area contributed by atoms with Crippen LogP contribution in [0.2, 0.25) is 0 Å². The molecule has 4 heteroatoms. The van der Waals surface area contributed by atoms with Crippen molar-refractivity contribution >= 4 is 50.9 Å². The van der Waals surface area contributed by atoms with Gasteiger partial charge in [0, 0.05) is 30.6 Å². The summed E-state index contributed by atoms with van der Waals surface area (Å²) in [6.07, 6.45) is 4.20. The second kappa shape index (κ2) is 7.86. The van der Waals surface area contributed by atoms with Gasteiger partial charge in [-0.15, -0.1) is 34.0 Å². The summed E-state index contributed by atoms with van der Waals surface area (Å²) in [5.74, 6) is 7.65. The highest BCUT2D eigenvalue weighted by molar-refractivity contribution is 7.26. The standard InChI is InChI=1S/C27H16OS3/c1-3-22-21-10-6-18(17-19(21)7-11-23(22)28-15-1)5-8-20-9-12-26(30-20)27-14-13-25(31-27)24-4-2-16-29-24/h1-4,6-7,9-14,16-17H,15H2. The van der Waals surface area contributed by atoms with Crippen molar-refractivity contribution in [2.24, 2.45) is 0 Å². The van der Waals surface area contributed by atoms with Crippen molar-refractivity contribution in [2.45, 2.75) is 0 Å². The van der Waals surface area contributed by atoms with E-state index in [1.807, 2.05) is 11.3 Å². The molecular formula is C27H16OS3. The number of hydrogen-bond acceptors (Lipinski definition) is 4. The summed E-state index contributed by atoms with van der Waals surface area (Å²) in [6.45, 7) is 0.645. The molecule has 0 spiro atoms. The third kappa shape index (κ3) is 3.62. The van der Waals surface area contributed by atoms with Gasteiger partial charge in [-0.05, 0) is 70.8 Å². The lowest BCUT2D eigenvalue weighted by Crippen LogP contribution is -2.00. The minimum absolute atomic E-state index is 0.645. The van der Waals surface area contributed by atoms with Gasteiger partial charge < -0.3 is 4.74 Å². The highest BCUT2D eigenvalue weighted by atomic mass is 32.1. The number of hydrogen-bond donors (Lipinski definition) is 0. The summed E-state index contributed by atoms with van der Waals surface area (Å²) in [4.78, 5) is 6.31. The van der Waals surface area contributed by atoms with E-state index in [0.29, 0.717) is 6.61 Å². The fourth-order valence-electron chi connectivity index (χ4n) is 3.71. The molecule has 0 saturated heterocycles. The average molecular weight is 453 g/mol. The van der Waals surface area contributed by atoms with Crippen LogP contribution in [-0.2, 0) is 0 Å². The van der Waals surface area contributed by atoms with Crippen molar-refractivity contribution in [1.82, 2.24) is 0 Å². The predicted octanol–water partition coefficient (Wildman–Crippen LogP) is 8.16. The summed E-state index contributed by atoms with van der Waals surface area (Å²) in [5, 5.41) is 4.52. The first-order valence-electron chi connectivity index (χ1n) is 9.95. The van der Waals surface area contributed by atoms with E-state index in [1.165, 1.54) is 30.3 Å². The lowest BCUT2D eigenvalue weighted by atomic mass is 10.00. The SMILES string of the molecule is C(#Cc1ccc(-c2ccc(-c3cccs3)s2)s1)c1ccc2c3c(ccc2c1)OCC=C3. The van der Waals surface area contributed by atoms with Crippen LogP contribution in [0.3, 0.4) is 0 Å². The van der Waals surface area contributed by atoms with E-state index >= 15 is 0 Å². The minimum atomic E-state index is 0.645. The predicted molar refractivity (Wildman–Crippen MR) is 135 cm³/mol. The Bertz CT molecular complexity index is 1490. The zero-order valence-electron chi connectivity index (χ0n) is 16.4. The Morgan fingerprint density at radius 1 is 0.774 bits per heavy atom. The molecule has 2 aromatic carbocycles. The molecule has 3 aromatic heterocycles. The van der Waals surface area contributed by atoms with E-state index in [0.717, 1.165) is 21.8 Å². The second-order valence-corrected chi connectivity index (χ2v) is 10.3. The van der Waals surface area contributed by atoms with Crippen LogP contribution in [-0.4, -0.2) is 6.61 Å². The van der Waals surface area contributed by atoms with Crippen LogP contribution in [0, 0.1) is 11.8 Å². The molecule has 4 heterocycles. The van der Waals surface area contributed by atoms with Gasteiger partial charge in [-0.1, -0.05) is 36.1 Å². The van der Waals surface area contributed by atoms with Crippen molar-refractivity contribution in [3.63, 3.8) is 0 Å². The molecule has 6 rings (SSSR count). The van der Waals surface area contributed by atoms with Crippen LogP contribution in [0.4, 0.5) is 0 Å². The molecule has 0 fully saturated rings. The summed E-state index contributed by atoms with van der Waals surface area (Å²) in [5.41, 5.74) is 2.18. The number of ether oxygens (including phenoxy) is 1. The molecule has 0 aliphatic carbocycles. The van der Waals surface area contributed by atoms with Crippen LogP contribution in [0.1, 0.15) is 16.0 Å². The number of benzene rings is 2. The Balaban J connectivity index is 1.27. The summed E-state index contributed by atoms with van der Waals surface area (Å²) in [7, 11) is 0. The quantitative estimate of drug-likeness (QED) is 0.245. The number of thiophene rings is 3. The Morgan fingerprint density at radius 2 is 1.65 bits per heavy atom. The zero-order chi connectivity index (χ0) is 20.6. The fraction of sp³-hybridized carbons (Fsp3) is 0.0370. The smallest absolute Gasteiger partial charge is 0.127 e. The fourth-order valence-corrected chi connectivity index (χ4v) is 6.50. The van der Waals surface area contributed by atoms with E-state index < -0.39 is 0 Å². The first-order valence-corrected chi connectivity index (χ1v) is 12.5. The Hall–Kier alpha value is -3.10. The topological polar surface area (TPSA) is 9.23 Å². The largest absolute Gasteiger partial charge is 0.489 e. The molecule has 0 bridgehead atoms. The summed E-state index contributed by atoms with van der Waals surface area (Å²) in [6, 6.07) is 23.6. The average Bonchev–Trinajstić information content (AvgIpc) is 3.58. The van der Waals surface area contributed by atoms with Gasteiger partial charge in [-0.3, -0.25) is 0 Å². The molecule has 1 aliphatic rings. The van der Waals surface area contributed by atoms with Gasteiger partial charge in [-0.25, -0.2) is 0 Å². The number of rotatable bonds is 2. The molecule has 1 aliphatic heterocycles. The van der Waals surface area contributed by atoms with Gasteiger partial charge in [0.1, 0.15) is 12.4 Å². The van der Waals surface area contributed by atoms with Crippen molar-refractivity contribution < 1.29 is 4.74 Å². The Labute approximate surface area is 192 Å². The lowest BCUT2D eigenvalue weighted by molar-refractivity contribution is 0.359. The van der Waals surface area contributed by atoms with Crippen LogP contribution in [0.25, 0.3) is 36.4 Å². The van der Waals surface area contributed by atoms with Gasteiger partial charge in [0.05, 0.1) is 4.88 Å². The first-order chi connectivity index (χ1) is 15.3. The molecule has 0 atom stereocenters. The van der Waals surface area contributed by atoms with E-state index in [9.17, 15) is 0 Å². The molecule has 0 amide bonds. The van der Waals surface area contributed by atoms with Gasteiger partial charge in [0.2, 0.25) is 0 Å². The Morgan fingerprint density at radius 3 is 2.55 bits per heavy atom. The molecule has 0 radical (unpaired) electrons. The maximum Gasteiger partial charge on any atom is 0.127 e. The third-order valence-corrected chi connectivity index (χ3v) is 8.54. The van der Waals surface area contributed by atoms with Crippen molar-refractivity contribution in [3.8, 4) is 37.1 Å². The molecule has 1 nitrogen and oxygen atoms in total. The first kappa shape index (κ1) is 18.7. The van der Waals surface area contributed by atoms with Crippen molar-refractivity contribution in [2.75, 3.05) is 6.61 Å². The highest BCUT2D eigenvalue weighted by Gasteiger charge is 2.10. The van der Waals surface area contributed by atoms with E-state index in [-0.39, 0.29) is 0 Å². The molecule has 5 aromatic rings. The van der Waals surface area contributed by atoms with E-state index in [4.69, 9.17) is 4.74 Å². The van der Waals surface area contributed by atoms with E-state index in [2.05, 4.69) is 96.1 Å². The minimum Gasteiger partial charge on any atom is -0.489 e. The van der Waals surface area contributed by atoms with Gasteiger partial charge in [0.15, 0.2) is 0 Å². The molecule has 0 unspecified atom stereocenters. The van der Waals surface area contributed by atoms with Crippen LogP contribution >= 0.6 is 34.0 Å². The van der Waals surface area contributed by atoms with Crippen LogP contribution in [0.15, 0.2) is 78.2 Å². The molecule has 31 heavy (non-hydrogen) atoms. The monoisotopic (exact) mass is 452 g/mol. The van der Waals surface area contributed by atoms with Gasteiger partial charge in [-0.2, -0.15) is 0 Å². The molecule has 0 saturated carbocycles. The Kier molecular flexibility index (Phi) is 4.73. The maximum atomic E-state index is 5.72. The normalized spacial score (nSPS) is 12.3. The maximum absolute atomic E-state index is 5.72. The van der Waals surface area contributed by atoms with E-state index in [1.54, 1.807) is 22.7 Å². The highest BCUT2D eigenvalue weighted by Crippen LogP contribution is 2.39. The van der Waals surface area contributed by atoms with Gasteiger partial charge >= 0.3 is 0 Å². The third-order valence-electron chi connectivity index (χ3n) is 5.19. The second-order valence-electron chi connectivity index (χ2n) is 7.18. The molecule has 0 N–H and O–H groups in total. The van der Waals surface area contributed by atoms with Crippen molar-refractivity contribution in [3.05, 3.63) is 94.2 Å². The molecule has 148 valence electrons. The lowest BCUT2D eigenvalue weighted by Gasteiger charge is -2.14. The summed E-state index contributed by atoms with van der Waals surface area (Å²) >= 11 is 5.38. The van der Waals surface area contributed by atoms with Crippen LogP contribution < -0.4 is 4.74 Å². The van der Waals surface area contributed by atoms with Gasteiger partial charge in [0.25, 0.3) is 0 Å². The van der Waals surface area contributed by atoms with Crippen LogP contribution in [0.5, 0.6) is 5.75 Å². The summed E-state index contributed by atoms with van der Waals surface area (Å²) < 4.78 is 5.72. The zero-order valence-corrected chi connectivity index (χ0v) is 18.9. The van der Waals surface area contributed by atoms with Crippen molar-refractivity contribution in [1.29, 1.82) is 0 Å². The number of fused-ring (bicyclic) bond motifs is 3. The molecular weight excluding hydrogens is 436 g/mol.